The maximum absolute atomic E-state index is 14.0. The van der Waals surface area contributed by atoms with Crippen LogP contribution in [0.2, 0.25) is 0 Å². The second-order valence-electron chi connectivity index (χ2n) is 9.03. The van der Waals surface area contributed by atoms with Crippen LogP contribution >= 0.6 is 0 Å². The van der Waals surface area contributed by atoms with Crippen LogP contribution in [0, 0.1) is 5.41 Å². The van der Waals surface area contributed by atoms with Crippen LogP contribution in [-0.2, 0) is 41.9 Å². The van der Waals surface area contributed by atoms with Crippen LogP contribution in [0.4, 0.5) is 9.59 Å². The third kappa shape index (κ3) is 5.05. The number of nitrogens with one attached hydrogen (secondary N) is 2. The number of urea groups is 2. The Morgan fingerprint density at radius 3 is 1.34 bits per heavy atom. The topological polar surface area (TPSA) is 203 Å². The van der Waals surface area contributed by atoms with Gasteiger partial charge in [0.25, 0.3) is 11.8 Å². The van der Waals surface area contributed by atoms with Gasteiger partial charge in [0, 0.05) is 0 Å². The molecule has 14 heteroatoms. The van der Waals surface area contributed by atoms with Crippen molar-refractivity contribution in [2.45, 2.75) is 27.1 Å². The highest BCUT2D eigenvalue weighted by atomic mass is 16.5. The highest BCUT2D eigenvalue weighted by molar-refractivity contribution is 6.27. The molecule has 41 heavy (non-hydrogen) atoms. The average molecular weight is 563 g/mol. The molecule has 0 fully saturated rings. The lowest BCUT2D eigenvalue weighted by Gasteiger charge is -2.27. The minimum Gasteiger partial charge on any atom is -0.457 e. The molecule has 14 nitrogen and oxygen atoms in total. The minimum absolute atomic E-state index is 0.248. The van der Waals surface area contributed by atoms with E-state index >= 15 is 0 Å². The highest BCUT2D eigenvalue weighted by Crippen LogP contribution is 2.52. The van der Waals surface area contributed by atoms with Crippen molar-refractivity contribution in [2.75, 3.05) is 0 Å². The maximum atomic E-state index is 14.0. The van der Waals surface area contributed by atoms with Crippen LogP contribution in [0.1, 0.15) is 25.0 Å². The molecule has 0 saturated heterocycles. The Morgan fingerprint density at radius 1 is 0.683 bits per heavy atom. The summed E-state index contributed by atoms with van der Waals surface area (Å²) in [6, 6.07) is 14.7. The molecular formula is C27H26N6O8. The summed E-state index contributed by atoms with van der Waals surface area (Å²) in [5.41, 5.74) is 11.4. The summed E-state index contributed by atoms with van der Waals surface area (Å²) in [6.45, 7) is 2.00. The fourth-order valence-electron chi connectivity index (χ4n) is 4.73. The average Bonchev–Trinajstić information content (AvgIpc) is 3.28. The molecule has 0 unspecified atom stereocenters. The summed E-state index contributed by atoms with van der Waals surface area (Å²) in [7, 11) is 0. The van der Waals surface area contributed by atoms with Crippen LogP contribution in [0.3, 0.4) is 0 Å². The quantitative estimate of drug-likeness (QED) is 0.268. The van der Waals surface area contributed by atoms with E-state index < -0.39 is 52.4 Å². The van der Waals surface area contributed by atoms with Crippen molar-refractivity contribution < 1.29 is 38.2 Å². The number of carbonyl (C=O) groups excluding carboxylic acids is 6. The van der Waals surface area contributed by atoms with E-state index in [2.05, 4.69) is 10.9 Å². The Bertz CT molecular complexity index is 1390. The number of primary amides is 2. The number of carbonyl (C=O) groups is 6. The largest absolute Gasteiger partial charge is 0.457 e. The fraction of sp³-hybridized carbons (Fsp3) is 0.185. The zero-order valence-electron chi connectivity index (χ0n) is 22.0. The molecule has 2 aromatic rings. The first-order valence-electron chi connectivity index (χ1n) is 12.2. The predicted octanol–water partition coefficient (Wildman–Crippen LogP) is 0.859. The monoisotopic (exact) mass is 562 g/mol. The Kier molecular flexibility index (Phi) is 7.75. The number of rotatable bonds is 8. The molecule has 2 aromatic carbocycles. The molecule has 2 aliphatic heterocycles. The summed E-state index contributed by atoms with van der Waals surface area (Å²) in [4.78, 5) is 78.8. The van der Waals surface area contributed by atoms with Gasteiger partial charge >= 0.3 is 24.0 Å². The van der Waals surface area contributed by atoms with E-state index in [-0.39, 0.29) is 24.6 Å². The van der Waals surface area contributed by atoms with Crippen LogP contribution < -0.4 is 22.3 Å². The Balaban J connectivity index is 1.84. The van der Waals surface area contributed by atoms with E-state index in [1.807, 2.05) is 0 Å². The molecule has 0 aliphatic carbocycles. The first kappa shape index (κ1) is 28.4. The van der Waals surface area contributed by atoms with Gasteiger partial charge in [-0.25, -0.2) is 40.0 Å². The van der Waals surface area contributed by atoms with Gasteiger partial charge in [0.1, 0.15) is 13.2 Å². The number of hydrogen-bond acceptors (Lipinski definition) is 8. The molecule has 0 radical (unpaired) electrons. The van der Waals surface area contributed by atoms with Crippen molar-refractivity contribution in [1.82, 2.24) is 20.9 Å². The number of ether oxygens (including phenoxy) is 2. The van der Waals surface area contributed by atoms with Crippen molar-refractivity contribution in [3.8, 4) is 0 Å². The zero-order chi connectivity index (χ0) is 29.9. The maximum Gasteiger partial charge on any atom is 0.338 e. The number of hydrazine groups is 2. The third-order valence-corrected chi connectivity index (χ3v) is 6.47. The second-order valence-corrected chi connectivity index (χ2v) is 9.03. The number of benzene rings is 2. The molecule has 0 bridgehead atoms. The summed E-state index contributed by atoms with van der Waals surface area (Å²) in [5, 5.41) is 1.15. The third-order valence-electron chi connectivity index (χ3n) is 6.47. The highest BCUT2D eigenvalue weighted by Gasteiger charge is 2.70. The molecule has 1 spiro atoms. The lowest BCUT2D eigenvalue weighted by molar-refractivity contribution is -0.154. The molecule has 0 aromatic heterocycles. The van der Waals surface area contributed by atoms with Crippen molar-refractivity contribution in [1.29, 1.82) is 0 Å². The molecule has 6 N–H and O–H groups in total. The Morgan fingerprint density at radius 2 is 1.02 bits per heavy atom. The van der Waals surface area contributed by atoms with Gasteiger partial charge in [-0.1, -0.05) is 60.7 Å². The van der Waals surface area contributed by atoms with Gasteiger partial charge in [-0.3, -0.25) is 9.59 Å². The Labute approximate surface area is 233 Å². The molecule has 0 atom stereocenters. The van der Waals surface area contributed by atoms with Gasteiger partial charge < -0.3 is 20.9 Å². The van der Waals surface area contributed by atoms with Gasteiger partial charge in [-0.2, -0.15) is 0 Å². The summed E-state index contributed by atoms with van der Waals surface area (Å²) >= 11 is 0. The molecule has 2 aliphatic rings. The van der Waals surface area contributed by atoms with E-state index in [9.17, 15) is 28.8 Å². The first-order valence-corrected chi connectivity index (χ1v) is 12.2. The van der Waals surface area contributed by atoms with Gasteiger partial charge in [0.15, 0.2) is 5.41 Å². The van der Waals surface area contributed by atoms with E-state index in [0.29, 0.717) is 21.1 Å². The van der Waals surface area contributed by atoms with E-state index in [0.717, 1.165) is 0 Å². The smallest absolute Gasteiger partial charge is 0.338 e. The minimum atomic E-state index is -2.72. The number of hydrogen-bond donors (Lipinski definition) is 4. The lowest BCUT2D eigenvalue weighted by atomic mass is 9.74. The van der Waals surface area contributed by atoms with Gasteiger partial charge in [-0.05, 0) is 25.0 Å². The standard InChI is InChI=1S/C27H26N6O8/c1-15-19(21(34)40-13-17-9-5-3-6-10-17)27(23(36)32(15)30-25(28)38)20(16(2)33(24(27)37)31-26(29)39)22(35)41-14-18-11-7-4-8-12-18/h3-12H,13-14H2,1-2H3,(H3,28,30,38)(H3,29,31,39). The van der Waals surface area contributed by atoms with Gasteiger partial charge in [0.05, 0.1) is 22.5 Å². The molecule has 4 rings (SSSR count). The molecule has 0 saturated carbocycles. The number of nitrogens with zero attached hydrogens (tertiary/aromatic N) is 2. The van der Waals surface area contributed by atoms with Crippen LogP contribution in [0.5, 0.6) is 0 Å². The van der Waals surface area contributed by atoms with Crippen molar-refractivity contribution >= 4 is 35.8 Å². The van der Waals surface area contributed by atoms with Crippen LogP contribution in [0.15, 0.2) is 83.2 Å². The fourth-order valence-corrected chi connectivity index (χ4v) is 4.73. The zero-order valence-corrected chi connectivity index (χ0v) is 22.0. The SMILES string of the molecule is CC1=C(C(=O)OCc2ccccc2)C2(C(=O)N1NC(N)=O)C(=O)N(NC(N)=O)C(C)=C2C(=O)OCc1ccccc1. The predicted molar refractivity (Wildman–Crippen MR) is 139 cm³/mol. The van der Waals surface area contributed by atoms with E-state index in [1.54, 1.807) is 60.7 Å². The van der Waals surface area contributed by atoms with Crippen molar-refractivity contribution in [3.63, 3.8) is 0 Å². The van der Waals surface area contributed by atoms with Crippen molar-refractivity contribution in [2.24, 2.45) is 16.9 Å². The summed E-state index contributed by atoms with van der Waals surface area (Å²) < 4.78 is 10.9. The van der Waals surface area contributed by atoms with E-state index in [4.69, 9.17) is 20.9 Å². The van der Waals surface area contributed by atoms with E-state index in [1.165, 1.54) is 13.8 Å². The first-order chi connectivity index (χ1) is 19.5. The normalized spacial score (nSPS) is 15.9. The molecular weight excluding hydrogens is 536 g/mol. The number of allylic oxidation sites excluding steroid dienone is 2. The van der Waals surface area contributed by atoms with Crippen LogP contribution in [-0.4, -0.2) is 45.8 Å². The molecule has 2 heterocycles. The van der Waals surface area contributed by atoms with Gasteiger partial charge in [-0.15, -0.1) is 0 Å². The van der Waals surface area contributed by atoms with Crippen LogP contribution in [0.25, 0.3) is 0 Å². The Hall–Kier alpha value is -5.66. The number of amides is 6. The molecule has 6 amide bonds. The van der Waals surface area contributed by atoms with Gasteiger partial charge in [0.2, 0.25) is 0 Å². The number of esters is 2. The summed E-state index contributed by atoms with van der Waals surface area (Å²) in [5.74, 6) is -4.76. The summed E-state index contributed by atoms with van der Waals surface area (Å²) in [6.07, 6.45) is 0. The molecule has 212 valence electrons. The second kappa shape index (κ2) is 11.2. The lowest BCUT2D eigenvalue weighted by Crippen LogP contribution is -2.55. The number of nitrogens with two attached hydrogens (primary N) is 2. The van der Waals surface area contributed by atoms with Crippen molar-refractivity contribution in [3.05, 3.63) is 94.3 Å².